The van der Waals surface area contributed by atoms with Crippen molar-refractivity contribution in [1.82, 2.24) is 20.0 Å². The Bertz CT molecular complexity index is 964. The number of nitrogens with zero attached hydrogens (tertiary/aromatic N) is 5. The van der Waals surface area contributed by atoms with Crippen molar-refractivity contribution < 1.29 is 9.32 Å². The van der Waals surface area contributed by atoms with E-state index in [1.54, 1.807) is 13.0 Å². The molecular weight excluding hydrogens is 356 g/mol. The van der Waals surface area contributed by atoms with Crippen LogP contribution < -0.4 is 10.2 Å². The number of carbonyl (C=O) groups is 1. The molecule has 0 atom stereocenters. The minimum atomic E-state index is 0.107. The molecule has 8 heteroatoms. The zero-order valence-corrected chi connectivity index (χ0v) is 15.9. The molecule has 2 aromatic heterocycles. The SMILES string of the molecule is CC(=O)N1CCN(c2cc(-c3ccccc3)nc(Nc3cc(C)on3)n2)CC1. The Labute approximate surface area is 163 Å². The van der Waals surface area contributed by atoms with Gasteiger partial charge in [-0.2, -0.15) is 4.98 Å². The molecule has 3 heterocycles. The zero-order valence-electron chi connectivity index (χ0n) is 15.9. The maximum Gasteiger partial charge on any atom is 0.231 e. The van der Waals surface area contributed by atoms with E-state index in [2.05, 4.69) is 25.3 Å². The second-order valence-corrected chi connectivity index (χ2v) is 6.74. The van der Waals surface area contributed by atoms with Crippen molar-refractivity contribution in [1.29, 1.82) is 0 Å². The van der Waals surface area contributed by atoms with Gasteiger partial charge in [-0.15, -0.1) is 0 Å². The van der Waals surface area contributed by atoms with Gasteiger partial charge in [0.05, 0.1) is 5.69 Å². The minimum absolute atomic E-state index is 0.107. The van der Waals surface area contributed by atoms with E-state index in [4.69, 9.17) is 4.52 Å². The third-order valence-electron chi connectivity index (χ3n) is 4.70. The molecule has 4 rings (SSSR count). The number of benzene rings is 1. The Morgan fingerprint density at radius 3 is 2.46 bits per heavy atom. The smallest absolute Gasteiger partial charge is 0.231 e. The fourth-order valence-electron chi connectivity index (χ4n) is 3.20. The van der Waals surface area contributed by atoms with Crippen molar-refractivity contribution in [3.63, 3.8) is 0 Å². The minimum Gasteiger partial charge on any atom is -0.360 e. The van der Waals surface area contributed by atoms with Gasteiger partial charge in [0.15, 0.2) is 5.82 Å². The summed E-state index contributed by atoms with van der Waals surface area (Å²) in [4.78, 5) is 25.0. The molecular formula is C20H22N6O2. The number of hydrogen-bond donors (Lipinski definition) is 1. The quantitative estimate of drug-likeness (QED) is 0.747. The molecule has 1 aromatic carbocycles. The molecule has 1 N–H and O–H groups in total. The van der Waals surface area contributed by atoms with E-state index in [9.17, 15) is 4.79 Å². The van der Waals surface area contributed by atoms with Crippen molar-refractivity contribution >= 4 is 23.5 Å². The molecule has 28 heavy (non-hydrogen) atoms. The van der Waals surface area contributed by atoms with Crippen LogP contribution in [0.5, 0.6) is 0 Å². The van der Waals surface area contributed by atoms with Crippen LogP contribution in [0.1, 0.15) is 12.7 Å². The lowest BCUT2D eigenvalue weighted by Gasteiger charge is -2.35. The van der Waals surface area contributed by atoms with Gasteiger partial charge in [-0.25, -0.2) is 4.98 Å². The lowest BCUT2D eigenvalue weighted by atomic mass is 10.1. The van der Waals surface area contributed by atoms with E-state index in [0.717, 1.165) is 30.2 Å². The molecule has 0 spiro atoms. The Morgan fingerprint density at radius 2 is 1.82 bits per heavy atom. The van der Waals surface area contributed by atoms with Crippen LogP contribution in [-0.4, -0.2) is 52.1 Å². The van der Waals surface area contributed by atoms with E-state index >= 15 is 0 Å². The van der Waals surface area contributed by atoms with Crippen molar-refractivity contribution in [3.05, 3.63) is 48.2 Å². The number of anilines is 3. The highest BCUT2D eigenvalue weighted by Crippen LogP contribution is 2.25. The lowest BCUT2D eigenvalue weighted by molar-refractivity contribution is -0.129. The molecule has 0 saturated carbocycles. The van der Waals surface area contributed by atoms with Gasteiger partial charge < -0.3 is 19.6 Å². The molecule has 0 radical (unpaired) electrons. The normalized spacial score (nSPS) is 14.2. The molecule has 0 aliphatic carbocycles. The summed E-state index contributed by atoms with van der Waals surface area (Å²) in [5.74, 6) is 2.66. The molecule has 3 aromatic rings. The Balaban J connectivity index is 1.65. The van der Waals surface area contributed by atoms with Gasteiger partial charge in [-0.3, -0.25) is 4.79 Å². The van der Waals surface area contributed by atoms with Crippen LogP contribution in [0.25, 0.3) is 11.3 Å². The van der Waals surface area contributed by atoms with Crippen LogP contribution in [0.15, 0.2) is 47.0 Å². The lowest BCUT2D eigenvalue weighted by Crippen LogP contribution is -2.48. The third kappa shape index (κ3) is 3.95. The van der Waals surface area contributed by atoms with Gasteiger partial charge in [0, 0.05) is 50.8 Å². The monoisotopic (exact) mass is 378 g/mol. The van der Waals surface area contributed by atoms with Crippen LogP contribution in [0, 0.1) is 6.92 Å². The number of amides is 1. The Morgan fingerprint density at radius 1 is 1.07 bits per heavy atom. The predicted molar refractivity (Wildman–Crippen MR) is 106 cm³/mol. The van der Waals surface area contributed by atoms with Crippen LogP contribution in [-0.2, 0) is 4.79 Å². The summed E-state index contributed by atoms with van der Waals surface area (Å²) in [7, 11) is 0. The summed E-state index contributed by atoms with van der Waals surface area (Å²) in [5, 5.41) is 7.08. The standard InChI is InChI=1S/C20H22N6O2/c1-14-12-18(24-28-14)22-20-21-17(16-6-4-3-5-7-16)13-19(23-20)26-10-8-25(9-11-26)15(2)27/h3-7,12-13H,8-11H2,1-2H3,(H,21,22,23,24). The first kappa shape index (κ1) is 18.0. The topological polar surface area (TPSA) is 87.4 Å². The van der Waals surface area contributed by atoms with Crippen LogP contribution in [0.2, 0.25) is 0 Å². The van der Waals surface area contributed by atoms with E-state index in [-0.39, 0.29) is 5.91 Å². The second kappa shape index (κ2) is 7.67. The van der Waals surface area contributed by atoms with Gasteiger partial charge in [0.2, 0.25) is 11.9 Å². The molecule has 1 amide bonds. The predicted octanol–water partition coefficient (Wildman–Crippen LogP) is 2.85. The number of piperazine rings is 1. The van der Waals surface area contributed by atoms with Gasteiger partial charge in [-0.05, 0) is 6.92 Å². The van der Waals surface area contributed by atoms with Gasteiger partial charge in [0.1, 0.15) is 11.6 Å². The summed E-state index contributed by atoms with van der Waals surface area (Å²) in [6.07, 6.45) is 0. The van der Waals surface area contributed by atoms with E-state index in [1.807, 2.05) is 48.2 Å². The molecule has 1 aliphatic rings. The number of aryl methyl sites for hydroxylation is 1. The van der Waals surface area contributed by atoms with E-state index < -0.39 is 0 Å². The molecule has 1 fully saturated rings. The van der Waals surface area contributed by atoms with Crippen LogP contribution >= 0.6 is 0 Å². The highest BCUT2D eigenvalue weighted by molar-refractivity contribution is 5.73. The van der Waals surface area contributed by atoms with Crippen molar-refractivity contribution in [2.75, 3.05) is 36.4 Å². The molecule has 1 saturated heterocycles. The highest BCUT2D eigenvalue weighted by Gasteiger charge is 2.21. The fourth-order valence-corrected chi connectivity index (χ4v) is 3.20. The summed E-state index contributed by atoms with van der Waals surface area (Å²) < 4.78 is 5.12. The first-order chi connectivity index (χ1) is 13.6. The first-order valence-corrected chi connectivity index (χ1v) is 9.24. The number of rotatable bonds is 4. The van der Waals surface area contributed by atoms with Crippen molar-refractivity contribution in [3.8, 4) is 11.3 Å². The number of nitrogens with one attached hydrogen (secondary N) is 1. The third-order valence-corrected chi connectivity index (χ3v) is 4.70. The average molecular weight is 378 g/mol. The Kier molecular flexibility index (Phi) is 4.92. The maximum atomic E-state index is 11.6. The van der Waals surface area contributed by atoms with Crippen LogP contribution in [0.3, 0.4) is 0 Å². The van der Waals surface area contributed by atoms with Crippen LogP contribution in [0.4, 0.5) is 17.6 Å². The molecule has 1 aliphatic heterocycles. The maximum absolute atomic E-state index is 11.6. The fraction of sp³-hybridized carbons (Fsp3) is 0.300. The van der Waals surface area contributed by atoms with Gasteiger partial charge in [-0.1, -0.05) is 35.5 Å². The molecule has 0 unspecified atom stereocenters. The van der Waals surface area contributed by atoms with Crippen molar-refractivity contribution in [2.24, 2.45) is 0 Å². The van der Waals surface area contributed by atoms with Gasteiger partial charge in [0.25, 0.3) is 0 Å². The number of aromatic nitrogens is 3. The van der Waals surface area contributed by atoms with Gasteiger partial charge >= 0.3 is 0 Å². The summed E-state index contributed by atoms with van der Waals surface area (Å²) in [6, 6.07) is 13.8. The highest BCUT2D eigenvalue weighted by atomic mass is 16.5. The summed E-state index contributed by atoms with van der Waals surface area (Å²) in [5.41, 5.74) is 1.83. The summed E-state index contributed by atoms with van der Waals surface area (Å²) >= 11 is 0. The average Bonchev–Trinajstić information content (AvgIpc) is 3.13. The second-order valence-electron chi connectivity index (χ2n) is 6.74. The molecule has 0 bridgehead atoms. The molecule has 8 nitrogen and oxygen atoms in total. The molecule has 144 valence electrons. The Hall–Kier alpha value is -3.42. The number of hydrogen-bond acceptors (Lipinski definition) is 7. The first-order valence-electron chi connectivity index (χ1n) is 9.24. The van der Waals surface area contributed by atoms with Crippen molar-refractivity contribution in [2.45, 2.75) is 13.8 Å². The van der Waals surface area contributed by atoms with E-state index in [1.165, 1.54) is 0 Å². The zero-order chi connectivity index (χ0) is 19.5. The largest absolute Gasteiger partial charge is 0.360 e. The van der Waals surface area contributed by atoms with E-state index in [0.29, 0.717) is 30.6 Å². The summed E-state index contributed by atoms with van der Waals surface area (Å²) in [6.45, 7) is 6.27. The number of carbonyl (C=O) groups excluding carboxylic acids is 1.